The van der Waals surface area contributed by atoms with Gasteiger partial charge in [0.05, 0.1) is 0 Å². The van der Waals surface area contributed by atoms with Crippen molar-refractivity contribution in [2.24, 2.45) is 0 Å². The van der Waals surface area contributed by atoms with Crippen LogP contribution in [0.5, 0.6) is 0 Å². The number of halogens is 2. The van der Waals surface area contributed by atoms with Gasteiger partial charge in [0.1, 0.15) is 5.15 Å². The first-order chi connectivity index (χ1) is 9.61. The van der Waals surface area contributed by atoms with Crippen molar-refractivity contribution in [3.63, 3.8) is 0 Å². The molecule has 1 aromatic carbocycles. The standard InChI is InChI=1S/C13H10BrClN4S/c1-8-5-11(15)19-12(16-8)17-13(18-19)20-7-9-3-2-4-10(14)6-9/h2-6H,7H2,1H3. The largest absolute Gasteiger partial charge is 0.254 e. The first kappa shape index (κ1) is 13.9. The molecule has 0 aliphatic heterocycles. The van der Waals surface area contributed by atoms with Gasteiger partial charge in [-0.15, -0.1) is 5.10 Å². The van der Waals surface area contributed by atoms with E-state index in [2.05, 4.69) is 43.1 Å². The Kier molecular flexibility index (Phi) is 3.96. The summed E-state index contributed by atoms with van der Waals surface area (Å²) in [7, 11) is 0. The maximum absolute atomic E-state index is 6.12. The first-order valence-corrected chi connectivity index (χ1v) is 8.04. The van der Waals surface area contributed by atoms with Crippen molar-refractivity contribution in [2.45, 2.75) is 17.8 Å². The van der Waals surface area contributed by atoms with Gasteiger partial charge in [-0.25, -0.2) is 4.98 Å². The molecule has 0 spiro atoms. The molecule has 0 saturated heterocycles. The molecule has 0 saturated carbocycles. The molecule has 0 unspecified atom stereocenters. The Morgan fingerprint density at radius 1 is 1.30 bits per heavy atom. The third-order valence-electron chi connectivity index (χ3n) is 2.63. The Balaban J connectivity index is 1.83. The fourth-order valence-electron chi connectivity index (χ4n) is 1.76. The number of rotatable bonds is 3. The minimum atomic E-state index is 0.523. The molecule has 2 aromatic heterocycles. The molecule has 102 valence electrons. The van der Waals surface area contributed by atoms with Crippen molar-refractivity contribution >= 4 is 45.1 Å². The molecule has 0 aliphatic rings. The molecule has 0 bridgehead atoms. The molecule has 0 radical (unpaired) electrons. The van der Waals surface area contributed by atoms with Crippen LogP contribution in [0.3, 0.4) is 0 Å². The van der Waals surface area contributed by atoms with Crippen molar-refractivity contribution in [3.05, 3.63) is 51.2 Å². The topological polar surface area (TPSA) is 43.1 Å². The number of fused-ring (bicyclic) bond motifs is 1. The van der Waals surface area contributed by atoms with E-state index in [1.807, 2.05) is 19.1 Å². The number of aryl methyl sites for hydroxylation is 1. The number of benzene rings is 1. The summed E-state index contributed by atoms with van der Waals surface area (Å²) in [5.74, 6) is 1.33. The van der Waals surface area contributed by atoms with E-state index in [1.54, 1.807) is 22.3 Å². The Bertz CT molecular complexity index is 774. The smallest absolute Gasteiger partial charge is 0.216 e. The summed E-state index contributed by atoms with van der Waals surface area (Å²) in [6.45, 7) is 1.88. The number of aromatic nitrogens is 4. The van der Waals surface area contributed by atoms with E-state index in [0.717, 1.165) is 15.9 Å². The zero-order valence-electron chi connectivity index (χ0n) is 10.5. The zero-order valence-corrected chi connectivity index (χ0v) is 13.7. The van der Waals surface area contributed by atoms with E-state index in [-0.39, 0.29) is 0 Å². The van der Waals surface area contributed by atoms with Gasteiger partial charge < -0.3 is 0 Å². The summed E-state index contributed by atoms with van der Waals surface area (Å²) in [6, 6.07) is 9.94. The van der Waals surface area contributed by atoms with Crippen molar-refractivity contribution in [1.82, 2.24) is 19.6 Å². The molecule has 3 aromatic rings. The lowest BCUT2D eigenvalue weighted by Crippen LogP contribution is -1.94. The summed E-state index contributed by atoms with van der Waals surface area (Å²) in [5.41, 5.74) is 2.04. The SMILES string of the molecule is Cc1cc(Cl)n2nc(SCc3cccc(Br)c3)nc2n1. The normalized spacial score (nSPS) is 11.2. The van der Waals surface area contributed by atoms with E-state index < -0.39 is 0 Å². The molecular formula is C13H10BrClN4S. The maximum atomic E-state index is 6.12. The highest BCUT2D eigenvalue weighted by Gasteiger charge is 2.09. The molecule has 3 rings (SSSR count). The monoisotopic (exact) mass is 368 g/mol. The van der Waals surface area contributed by atoms with Crippen LogP contribution in [0.2, 0.25) is 5.15 Å². The molecule has 0 atom stereocenters. The molecule has 2 heterocycles. The number of hydrogen-bond acceptors (Lipinski definition) is 4. The second-order valence-corrected chi connectivity index (χ2v) is 6.49. The van der Waals surface area contributed by atoms with E-state index in [9.17, 15) is 0 Å². The van der Waals surface area contributed by atoms with Gasteiger partial charge in [0.15, 0.2) is 0 Å². The van der Waals surface area contributed by atoms with Gasteiger partial charge in [-0.2, -0.15) is 9.50 Å². The van der Waals surface area contributed by atoms with Crippen molar-refractivity contribution in [3.8, 4) is 0 Å². The minimum Gasteiger partial charge on any atom is -0.216 e. The third kappa shape index (κ3) is 2.97. The highest BCUT2D eigenvalue weighted by molar-refractivity contribution is 9.10. The van der Waals surface area contributed by atoms with E-state index in [4.69, 9.17) is 11.6 Å². The van der Waals surface area contributed by atoms with Crippen molar-refractivity contribution in [2.75, 3.05) is 0 Å². The number of nitrogens with zero attached hydrogens (tertiary/aromatic N) is 4. The molecule has 20 heavy (non-hydrogen) atoms. The molecule has 0 amide bonds. The van der Waals surface area contributed by atoms with E-state index in [1.165, 1.54) is 5.56 Å². The Hall–Kier alpha value is -1.11. The van der Waals surface area contributed by atoms with Crippen LogP contribution >= 0.6 is 39.3 Å². The molecule has 4 nitrogen and oxygen atoms in total. The van der Waals surface area contributed by atoms with Gasteiger partial charge in [-0.1, -0.05) is 51.4 Å². The summed E-state index contributed by atoms with van der Waals surface area (Å²) < 4.78 is 2.62. The quantitative estimate of drug-likeness (QED) is 0.514. The van der Waals surface area contributed by atoms with Crippen LogP contribution in [0.4, 0.5) is 0 Å². The molecule has 0 fully saturated rings. The lowest BCUT2D eigenvalue weighted by molar-refractivity contribution is 0.876. The average Bonchev–Trinajstić information content (AvgIpc) is 2.80. The fourth-order valence-corrected chi connectivity index (χ4v) is 3.24. The highest BCUT2D eigenvalue weighted by Crippen LogP contribution is 2.23. The third-order valence-corrected chi connectivity index (χ3v) is 4.31. The van der Waals surface area contributed by atoms with Crippen molar-refractivity contribution in [1.29, 1.82) is 0 Å². The van der Waals surface area contributed by atoms with Crippen molar-refractivity contribution < 1.29 is 0 Å². The number of thioether (sulfide) groups is 1. The second kappa shape index (κ2) is 5.71. The number of hydrogen-bond donors (Lipinski definition) is 0. The van der Waals surface area contributed by atoms with Crippen LogP contribution in [0.15, 0.2) is 40.0 Å². The van der Waals surface area contributed by atoms with Crippen LogP contribution in [-0.2, 0) is 5.75 Å². The summed E-state index contributed by atoms with van der Waals surface area (Å²) in [6.07, 6.45) is 0. The Morgan fingerprint density at radius 2 is 2.15 bits per heavy atom. The van der Waals surface area contributed by atoms with Crippen LogP contribution < -0.4 is 0 Å². The first-order valence-electron chi connectivity index (χ1n) is 5.89. The highest BCUT2D eigenvalue weighted by atomic mass is 79.9. The lowest BCUT2D eigenvalue weighted by Gasteiger charge is -1.98. The lowest BCUT2D eigenvalue weighted by atomic mass is 10.2. The van der Waals surface area contributed by atoms with Gasteiger partial charge in [0, 0.05) is 15.9 Å². The molecule has 0 N–H and O–H groups in total. The predicted octanol–water partition coefficient (Wildman–Crippen LogP) is 4.14. The molecular weight excluding hydrogens is 360 g/mol. The van der Waals surface area contributed by atoms with Gasteiger partial charge in [0.2, 0.25) is 5.16 Å². The van der Waals surface area contributed by atoms with Crippen LogP contribution in [0, 0.1) is 6.92 Å². The summed E-state index contributed by atoms with van der Waals surface area (Å²) in [5, 5.41) is 5.55. The zero-order chi connectivity index (χ0) is 14.1. The van der Waals surface area contributed by atoms with Crippen LogP contribution in [0.25, 0.3) is 5.78 Å². The van der Waals surface area contributed by atoms with Crippen LogP contribution in [-0.4, -0.2) is 19.6 Å². The Morgan fingerprint density at radius 3 is 2.95 bits per heavy atom. The van der Waals surface area contributed by atoms with E-state index in [0.29, 0.717) is 16.1 Å². The minimum absolute atomic E-state index is 0.523. The van der Waals surface area contributed by atoms with Gasteiger partial charge >= 0.3 is 0 Å². The fraction of sp³-hybridized carbons (Fsp3) is 0.154. The molecule has 0 aliphatic carbocycles. The average molecular weight is 370 g/mol. The summed E-state index contributed by atoms with van der Waals surface area (Å²) >= 11 is 11.1. The van der Waals surface area contributed by atoms with Gasteiger partial charge in [0.25, 0.3) is 5.78 Å². The van der Waals surface area contributed by atoms with Crippen LogP contribution in [0.1, 0.15) is 11.3 Å². The molecule has 7 heteroatoms. The second-order valence-electron chi connectivity index (χ2n) is 4.25. The van der Waals surface area contributed by atoms with E-state index >= 15 is 0 Å². The summed E-state index contributed by atoms with van der Waals surface area (Å²) in [4.78, 5) is 8.69. The predicted molar refractivity (Wildman–Crippen MR) is 84.2 cm³/mol. The van der Waals surface area contributed by atoms with Gasteiger partial charge in [-0.05, 0) is 30.7 Å². The van der Waals surface area contributed by atoms with Gasteiger partial charge in [-0.3, -0.25) is 0 Å². The Labute approximate surface area is 133 Å². The maximum Gasteiger partial charge on any atom is 0.254 e.